The van der Waals surface area contributed by atoms with Gasteiger partial charge in [-0.15, -0.1) is 0 Å². The van der Waals surface area contributed by atoms with E-state index in [2.05, 4.69) is 20.5 Å². The minimum absolute atomic E-state index is 0.0706. The summed E-state index contributed by atoms with van der Waals surface area (Å²) >= 11 is 1.81. The van der Waals surface area contributed by atoms with Crippen molar-refractivity contribution in [2.45, 2.75) is 19.5 Å². The van der Waals surface area contributed by atoms with E-state index in [1.54, 1.807) is 11.9 Å². The van der Waals surface area contributed by atoms with Gasteiger partial charge in [-0.3, -0.25) is 9.89 Å². The van der Waals surface area contributed by atoms with Crippen molar-refractivity contribution in [2.24, 2.45) is 0 Å². The van der Waals surface area contributed by atoms with Crippen LogP contribution in [0, 0.1) is 6.92 Å². The summed E-state index contributed by atoms with van der Waals surface area (Å²) in [4.78, 5) is 18.0. The number of amides is 1. The standard InChI is InChI=1S/C10H17N5OS/c1-7-12-9(14-13-7)5-15(2)10(16)8-6-17-4-3-11-8/h8,11H,3-6H2,1-2H3,(H,12,13,14). The van der Waals surface area contributed by atoms with Crippen molar-refractivity contribution < 1.29 is 4.79 Å². The molecule has 0 spiro atoms. The Morgan fingerprint density at radius 1 is 1.65 bits per heavy atom. The van der Waals surface area contributed by atoms with Crippen LogP contribution >= 0.6 is 11.8 Å². The number of aryl methyl sites for hydroxylation is 1. The Morgan fingerprint density at radius 2 is 2.47 bits per heavy atom. The molecule has 2 rings (SSSR count). The third-order valence-electron chi connectivity index (χ3n) is 2.62. The molecule has 0 aromatic carbocycles. The largest absolute Gasteiger partial charge is 0.337 e. The third kappa shape index (κ3) is 3.19. The zero-order chi connectivity index (χ0) is 12.3. The Bertz CT molecular complexity index is 388. The van der Waals surface area contributed by atoms with Crippen molar-refractivity contribution in [1.82, 2.24) is 25.4 Å². The number of aromatic nitrogens is 3. The lowest BCUT2D eigenvalue weighted by molar-refractivity contribution is -0.132. The summed E-state index contributed by atoms with van der Waals surface area (Å²) in [5.41, 5.74) is 0. The van der Waals surface area contributed by atoms with Crippen LogP contribution < -0.4 is 5.32 Å². The molecule has 1 amide bonds. The van der Waals surface area contributed by atoms with Crippen molar-refractivity contribution in [2.75, 3.05) is 25.1 Å². The van der Waals surface area contributed by atoms with Gasteiger partial charge in [0.25, 0.3) is 0 Å². The van der Waals surface area contributed by atoms with Crippen LogP contribution in [-0.2, 0) is 11.3 Å². The molecule has 1 aliphatic heterocycles. The maximum absolute atomic E-state index is 12.1. The maximum Gasteiger partial charge on any atom is 0.240 e. The first-order valence-electron chi connectivity index (χ1n) is 5.61. The van der Waals surface area contributed by atoms with Crippen LogP contribution in [0.5, 0.6) is 0 Å². The fourth-order valence-corrected chi connectivity index (χ4v) is 2.66. The second kappa shape index (κ2) is 5.50. The van der Waals surface area contributed by atoms with E-state index in [-0.39, 0.29) is 11.9 Å². The summed E-state index contributed by atoms with van der Waals surface area (Å²) < 4.78 is 0. The van der Waals surface area contributed by atoms with Gasteiger partial charge in [0.15, 0.2) is 5.82 Å². The molecule has 0 radical (unpaired) electrons. The zero-order valence-electron chi connectivity index (χ0n) is 10.1. The number of thioether (sulfide) groups is 1. The molecule has 1 aromatic rings. The van der Waals surface area contributed by atoms with Gasteiger partial charge in [-0.05, 0) is 6.92 Å². The van der Waals surface area contributed by atoms with Crippen LogP contribution in [0.3, 0.4) is 0 Å². The highest BCUT2D eigenvalue weighted by molar-refractivity contribution is 7.99. The lowest BCUT2D eigenvalue weighted by Gasteiger charge is -2.26. The van der Waals surface area contributed by atoms with E-state index in [0.29, 0.717) is 12.4 Å². The van der Waals surface area contributed by atoms with Crippen LogP contribution in [0.25, 0.3) is 0 Å². The van der Waals surface area contributed by atoms with Gasteiger partial charge >= 0.3 is 0 Å². The van der Waals surface area contributed by atoms with Crippen LogP contribution in [0.1, 0.15) is 11.6 Å². The summed E-state index contributed by atoms with van der Waals surface area (Å²) in [6.45, 7) is 3.19. The number of hydrogen-bond donors (Lipinski definition) is 2. The number of nitrogens with one attached hydrogen (secondary N) is 2. The van der Waals surface area contributed by atoms with Crippen molar-refractivity contribution >= 4 is 17.7 Å². The second-order valence-electron chi connectivity index (χ2n) is 4.11. The fourth-order valence-electron chi connectivity index (χ4n) is 1.74. The first-order chi connectivity index (χ1) is 8.16. The van der Waals surface area contributed by atoms with E-state index in [1.165, 1.54) is 0 Å². The van der Waals surface area contributed by atoms with Crippen molar-refractivity contribution in [3.8, 4) is 0 Å². The molecule has 1 unspecified atom stereocenters. The van der Waals surface area contributed by atoms with Gasteiger partial charge in [-0.1, -0.05) is 0 Å². The minimum Gasteiger partial charge on any atom is -0.337 e. The number of H-pyrrole nitrogens is 1. The Kier molecular flexibility index (Phi) is 4.01. The van der Waals surface area contributed by atoms with Crippen LogP contribution in [-0.4, -0.2) is 57.1 Å². The highest BCUT2D eigenvalue weighted by Crippen LogP contribution is 2.10. The molecule has 0 bridgehead atoms. The first kappa shape index (κ1) is 12.4. The predicted octanol–water partition coefficient (Wildman–Crippen LogP) is -0.223. The van der Waals surface area contributed by atoms with Crippen molar-refractivity contribution in [1.29, 1.82) is 0 Å². The molecular formula is C10H17N5OS. The number of rotatable bonds is 3. The van der Waals surface area contributed by atoms with E-state index in [4.69, 9.17) is 0 Å². The molecule has 1 aromatic heterocycles. The maximum atomic E-state index is 12.1. The van der Waals surface area contributed by atoms with Gasteiger partial charge in [0.2, 0.25) is 5.91 Å². The van der Waals surface area contributed by atoms with Gasteiger partial charge in [-0.25, -0.2) is 4.98 Å². The van der Waals surface area contributed by atoms with E-state index in [0.717, 1.165) is 23.9 Å². The van der Waals surface area contributed by atoms with E-state index in [1.807, 2.05) is 18.7 Å². The second-order valence-corrected chi connectivity index (χ2v) is 5.26. The lowest BCUT2D eigenvalue weighted by atomic mass is 10.3. The smallest absolute Gasteiger partial charge is 0.240 e. The van der Waals surface area contributed by atoms with Gasteiger partial charge in [-0.2, -0.15) is 16.9 Å². The average molecular weight is 255 g/mol. The molecule has 1 atom stereocenters. The molecule has 0 aliphatic carbocycles. The molecule has 94 valence electrons. The van der Waals surface area contributed by atoms with Crippen LogP contribution in [0.2, 0.25) is 0 Å². The van der Waals surface area contributed by atoms with E-state index < -0.39 is 0 Å². The third-order valence-corrected chi connectivity index (χ3v) is 3.68. The zero-order valence-corrected chi connectivity index (χ0v) is 10.9. The molecule has 2 heterocycles. The van der Waals surface area contributed by atoms with Gasteiger partial charge in [0, 0.05) is 25.1 Å². The lowest BCUT2D eigenvalue weighted by Crippen LogP contribution is -2.49. The minimum atomic E-state index is -0.0706. The monoisotopic (exact) mass is 255 g/mol. The molecule has 2 N–H and O–H groups in total. The first-order valence-corrected chi connectivity index (χ1v) is 6.76. The number of carbonyl (C=O) groups is 1. The molecule has 1 fully saturated rings. The Morgan fingerprint density at radius 3 is 3.06 bits per heavy atom. The summed E-state index contributed by atoms with van der Waals surface area (Å²) in [5, 5.41) is 10.0. The van der Waals surface area contributed by atoms with E-state index >= 15 is 0 Å². The quantitative estimate of drug-likeness (QED) is 0.781. The Hall–Kier alpha value is -1.08. The molecule has 0 saturated carbocycles. The number of hydrogen-bond acceptors (Lipinski definition) is 5. The SMILES string of the molecule is Cc1nc(CN(C)C(=O)C2CSCCN2)n[nH]1. The summed E-state index contributed by atoms with van der Waals surface area (Å²) in [5.74, 6) is 3.46. The topological polar surface area (TPSA) is 73.9 Å². The normalized spacial score (nSPS) is 20.2. The summed E-state index contributed by atoms with van der Waals surface area (Å²) in [7, 11) is 1.79. The molecule has 6 nitrogen and oxygen atoms in total. The molecule has 7 heteroatoms. The Labute approximate surface area is 105 Å². The average Bonchev–Trinajstić information content (AvgIpc) is 2.75. The number of carbonyl (C=O) groups excluding carboxylic acids is 1. The van der Waals surface area contributed by atoms with Crippen LogP contribution in [0.15, 0.2) is 0 Å². The predicted molar refractivity (Wildman–Crippen MR) is 66.7 cm³/mol. The summed E-state index contributed by atoms with van der Waals surface area (Å²) in [6, 6.07) is -0.0706. The van der Waals surface area contributed by atoms with Gasteiger partial charge < -0.3 is 10.2 Å². The summed E-state index contributed by atoms with van der Waals surface area (Å²) in [6.07, 6.45) is 0. The fraction of sp³-hybridized carbons (Fsp3) is 0.700. The van der Waals surface area contributed by atoms with E-state index in [9.17, 15) is 4.79 Å². The Balaban J connectivity index is 1.90. The molecule has 17 heavy (non-hydrogen) atoms. The molecule has 1 aliphatic rings. The molecular weight excluding hydrogens is 238 g/mol. The van der Waals surface area contributed by atoms with Gasteiger partial charge in [0.05, 0.1) is 12.6 Å². The number of aromatic amines is 1. The highest BCUT2D eigenvalue weighted by Gasteiger charge is 2.24. The molecule has 1 saturated heterocycles. The highest BCUT2D eigenvalue weighted by atomic mass is 32.2. The van der Waals surface area contributed by atoms with Crippen molar-refractivity contribution in [3.05, 3.63) is 11.6 Å². The number of likely N-dealkylation sites (N-methyl/N-ethyl adjacent to an activating group) is 1. The van der Waals surface area contributed by atoms with Crippen molar-refractivity contribution in [3.63, 3.8) is 0 Å². The number of nitrogens with zero attached hydrogens (tertiary/aromatic N) is 3. The van der Waals surface area contributed by atoms with Crippen LogP contribution in [0.4, 0.5) is 0 Å². The van der Waals surface area contributed by atoms with Gasteiger partial charge in [0.1, 0.15) is 5.82 Å².